The Balaban J connectivity index is 0.00000288. The summed E-state index contributed by atoms with van der Waals surface area (Å²) >= 11 is 3.54. The van der Waals surface area contributed by atoms with Crippen LogP contribution in [-0.2, 0) is 14.9 Å². The molecule has 1 fully saturated rings. The Kier molecular flexibility index (Phi) is 8.49. The van der Waals surface area contributed by atoms with Gasteiger partial charge in [-0.15, -0.1) is 24.0 Å². The van der Waals surface area contributed by atoms with Gasteiger partial charge in [-0.25, -0.2) is 0 Å². The van der Waals surface area contributed by atoms with Gasteiger partial charge in [0.25, 0.3) is 0 Å². The van der Waals surface area contributed by atoms with Crippen molar-refractivity contribution < 1.29 is 9.53 Å². The van der Waals surface area contributed by atoms with Crippen LogP contribution in [0.1, 0.15) is 25.3 Å². The fourth-order valence-corrected chi connectivity index (χ4v) is 2.94. The zero-order valence-electron chi connectivity index (χ0n) is 14.3. The molecule has 0 heterocycles. The van der Waals surface area contributed by atoms with Crippen LogP contribution in [0, 0.1) is 5.92 Å². The van der Waals surface area contributed by atoms with Gasteiger partial charge in [-0.3, -0.25) is 9.79 Å². The molecule has 0 amide bonds. The zero-order chi connectivity index (χ0) is 16.9. The standard InChI is InChI=1S/C17H24BrN3O2.HI/c1-12(15(22)23-3)10-20-16(19-2)21-11-17(7-8-17)13-5-4-6-14(18)9-13;/h4-6,9,12H,7-8,10-11H2,1-3H3,(H2,19,20,21);1H. The van der Waals surface area contributed by atoms with Crippen molar-refractivity contribution in [1.82, 2.24) is 10.6 Å². The number of nitrogens with zero attached hydrogens (tertiary/aromatic N) is 1. The number of ether oxygens (including phenoxy) is 1. The van der Waals surface area contributed by atoms with E-state index in [-0.39, 0.29) is 41.3 Å². The summed E-state index contributed by atoms with van der Waals surface area (Å²) in [5.74, 6) is 0.279. The second kappa shape index (κ2) is 9.60. The number of carbonyl (C=O) groups excluding carboxylic acids is 1. The van der Waals surface area contributed by atoms with Gasteiger partial charge in [-0.05, 0) is 30.5 Å². The lowest BCUT2D eigenvalue weighted by atomic mass is 9.96. The maximum atomic E-state index is 11.4. The number of esters is 1. The minimum Gasteiger partial charge on any atom is -0.469 e. The molecular weight excluding hydrogens is 485 g/mol. The number of nitrogens with one attached hydrogen (secondary N) is 2. The summed E-state index contributed by atoms with van der Waals surface area (Å²) in [7, 11) is 3.14. The number of aliphatic imine (C=N–C) groups is 1. The summed E-state index contributed by atoms with van der Waals surface area (Å²) in [5, 5.41) is 6.55. The number of halogens is 2. The first-order chi connectivity index (χ1) is 11.0. The maximum absolute atomic E-state index is 11.4. The quantitative estimate of drug-likeness (QED) is 0.268. The Hall–Kier alpha value is -0.830. The lowest BCUT2D eigenvalue weighted by Crippen LogP contribution is -2.43. The molecule has 0 saturated heterocycles. The third-order valence-corrected chi connectivity index (χ3v) is 4.78. The van der Waals surface area contributed by atoms with Gasteiger partial charge < -0.3 is 15.4 Å². The van der Waals surface area contributed by atoms with Gasteiger partial charge in [0.1, 0.15) is 0 Å². The molecule has 0 spiro atoms. The van der Waals surface area contributed by atoms with Gasteiger partial charge in [0.15, 0.2) is 5.96 Å². The van der Waals surface area contributed by atoms with Crippen LogP contribution >= 0.6 is 39.9 Å². The number of guanidine groups is 1. The molecule has 0 radical (unpaired) electrons. The van der Waals surface area contributed by atoms with E-state index >= 15 is 0 Å². The predicted molar refractivity (Wildman–Crippen MR) is 111 cm³/mol. The molecule has 1 saturated carbocycles. The average Bonchev–Trinajstić information content (AvgIpc) is 3.35. The molecule has 1 atom stereocenters. The number of hydrogen-bond donors (Lipinski definition) is 2. The van der Waals surface area contributed by atoms with Crippen molar-refractivity contribution in [3.8, 4) is 0 Å². The van der Waals surface area contributed by atoms with Gasteiger partial charge in [-0.2, -0.15) is 0 Å². The molecule has 7 heteroatoms. The Bertz CT molecular complexity index is 591. The summed E-state index contributed by atoms with van der Waals surface area (Å²) in [5.41, 5.74) is 1.53. The van der Waals surface area contributed by atoms with E-state index in [1.54, 1.807) is 7.05 Å². The first-order valence-electron chi connectivity index (χ1n) is 7.79. The van der Waals surface area contributed by atoms with Gasteiger partial charge in [0, 0.05) is 30.0 Å². The zero-order valence-corrected chi connectivity index (χ0v) is 18.2. The fourth-order valence-electron chi connectivity index (χ4n) is 2.54. The van der Waals surface area contributed by atoms with E-state index in [9.17, 15) is 4.79 Å². The molecule has 2 rings (SSSR count). The van der Waals surface area contributed by atoms with Crippen LogP contribution in [0.15, 0.2) is 33.7 Å². The lowest BCUT2D eigenvalue weighted by Gasteiger charge is -2.20. The molecule has 5 nitrogen and oxygen atoms in total. The minimum atomic E-state index is -0.222. The number of carbonyl (C=O) groups is 1. The Morgan fingerprint density at radius 2 is 2.12 bits per heavy atom. The van der Waals surface area contributed by atoms with Crippen LogP contribution < -0.4 is 10.6 Å². The number of rotatable bonds is 6. The molecule has 1 unspecified atom stereocenters. The molecule has 0 aliphatic heterocycles. The molecule has 1 aromatic carbocycles. The summed E-state index contributed by atoms with van der Waals surface area (Å²) in [4.78, 5) is 15.7. The van der Waals surface area contributed by atoms with Crippen molar-refractivity contribution in [2.45, 2.75) is 25.2 Å². The van der Waals surface area contributed by atoms with Crippen LogP contribution in [0.3, 0.4) is 0 Å². The third-order valence-electron chi connectivity index (χ3n) is 4.29. The minimum absolute atomic E-state index is 0. The summed E-state index contributed by atoms with van der Waals surface area (Å²) in [6, 6.07) is 8.48. The number of methoxy groups -OCH3 is 1. The van der Waals surface area contributed by atoms with E-state index in [0.717, 1.165) is 11.0 Å². The number of hydrogen-bond acceptors (Lipinski definition) is 3. The smallest absolute Gasteiger partial charge is 0.310 e. The van der Waals surface area contributed by atoms with E-state index in [2.05, 4.69) is 49.8 Å². The van der Waals surface area contributed by atoms with Crippen molar-refractivity contribution in [1.29, 1.82) is 0 Å². The highest BCUT2D eigenvalue weighted by molar-refractivity contribution is 14.0. The second-order valence-electron chi connectivity index (χ2n) is 6.02. The molecule has 24 heavy (non-hydrogen) atoms. The highest BCUT2D eigenvalue weighted by Crippen LogP contribution is 2.48. The molecular formula is C17H25BrIN3O2. The molecule has 0 aromatic heterocycles. The van der Waals surface area contributed by atoms with Crippen molar-refractivity contribution in [3.63, 3.8) is 0 Å². The molecule has 134 valence electrons. The van der Waals surface area contributed by atoms with Crippen molar-refractivity contribution in [3.05, 3.63) is 34.3 Å². The fraction of sp³-hybridized carbons (Fsp3) is 0.529. The molecule has 1 aromatic rings. The van der Waals surface area contributed by atoms with Gasteiger partial charge in [-0.1, -0.05) is 35.0 Å². The van der Waals surface area contributed by atoms with E-state index in [4.69, 9.17) is 4.74 Å². The normalized spacial score (nSPS) is 16.6. The third kappa shape index (κ3) is 5.61. The van der Waals surface area contributed by atoms with E-state index in [0.29, 0.717) is 12.5 Å². The summed E-state index contributed by atoms with van der Waals surface area (Å²) in [6.45, 7) is 3.15. The monoisotopic (exact) mass is 509 g/mol. The first kappa shape index (κ1) is 21.2. The molecule has 1 aliphatic rings. The lowest BCUT2D eigenvalue weighted by molar-refractivity contribution is -0.144. The SMILES string of the molecule is CN=C(NCC(C)C(=O)OC)NCC1(c2cccc(Br)c2)CC1.I. The van der Waals surface area contributed by atoms with Crippen molar-refractivity contribution >= 4 is 51.8 Å². The molecule has 0 bridgehead atoms. The van der Waals surface area contributed by atoms with Crippen LogP contribution in [-0.4, -0.2) is 39.2 Å². The van der Waals surface area contributed by atoms with Crippen LogP contribution in [0.25, 0.3) is 0 Å². The highest BCUT2D eigenvalue weighted by Gasteiger charge is 2.44. The second-order valence-corrected chi connectivity index (χ2v) is 6.94. The largest absolute Gasteiger partial charge is 0.469 e. The van der Waals surface area contributed by atoms with Gasteiger partial charge >= 0.3 is 5.97 Å². The first-order valence-corrected chi connectivity index (χ1v) is 8.58. The van der Waals surface area contributed by atoms with Crippen molar-refractivity contribution in [2.75, 3.05) is 27.2 Å². The van der Waals surface area contributed by atoms with Crippen LogP contribution in [0.5, 0.6) is 0 Å². The van der Waals surface area contributed by atoms with Gasteiger partial charge in [0.2, 0.25) is 0 Å². The highest BCUT2D eigenvalue weighted by atomic mass is 127. The van der Waals surface area contributed by atoms with Crippen LogP contribution in [0.4, 0.5) is 0 Å². The molecule has 1 aliphatic carbocycles. The number of benzene rings is 1. The Morgan fingerprint density at radius 3 is 2.67 bits per heavy atom. The van der Waals surface area contributed by atoms with E-state index in [1.807, 2.05) is 13.0 Å². The maximum Gasteiger partial charge on any atom is 0.310 e. The van der Waals surface area contributed by atoms with E-state index in [1.165, 1.54) is 25.5 Å². The molecule has 2 N–H and O–H groups in total. The van der Waals surface area contributed by atoms with E-state index < -0.39 is 0 Å². The Morgan fingerprint density at radius 1 is 1.42 bits per heavy atom. The van der Waals surface area contributed by atoms with Crippen LogP contribution in [0.2, 0.25) is 0 Å². The summed E-state index contributed by atoms with van der Waals surface area (Å²) < 4.78 is 5.83. The predicted octanol–water partition coefficient (Wildman–Crippen LogP) is 3.07. The van der Waals surface area contributed by atoms with Crippen molar-refractivity contribution in [2.24, 2.45) is 10.9 Å². The Labute approximate surface area is 169 Å². The average molecular weight is 510 g/mol. The topological polar surface area (TPSA) is 62.7 Å². The van der Waals surface area contributed by atoms with Gasteiger partial charge in [0.05, 0.1) is 13.0 Å². The summed E-state index contributed by atoms with van der Waals surface area (Å²) in [6.07, 6.45) is 2.35.